The summed E-state index contributed by atoms with van der Waals surface area (Å²) in [6, 6.07) is 19.2. The number of aromatic nitrogens is 3. The maximum atomic E-state index is 12.9. The van der Waals surface area contributed by atoms with Crippen LogP contribution in [0, 0.1) is 12.8 Å². The third kappa shape index (κ3) is 8.86. The molecule has 5 rings (SSSR count). The van der Waals surface area contributed by atoms with Crippen molar-refractivity contribution in [2.45, 2.75) is 40.0 Å². The first-order valence-corrected chi connectivity index (χ1v) is 16.2. The quantitative estimate of drug-likeness (QED) is 0.180. The first-order chi connectivity index (χ1) is 22.4. The number of carbonyl (C=O) groups is 1. The van der Waals surface area contributed by atoms with E-state index in [0.29, 0.717) is 34.1 Å². The number of anilines is 1. The van der Waals surface area contributed by atoms with Gasteiger partial charge in [-0.1, -0.05) is 75.0 Å². The molecule has 47 heavy (non-hydrogen) atoms. The number of aliphatic imine (C=N–C) groups is 1. The molecule has 1 N–H and O–H groups in total. The number of thioether (sulfide) groups is 1. The van der Waals surface area contributed by atoms with Crippen molar-refractivity contribution in [1.82, 2.24) is 20.1 Å². The minimum atomic E-state index is -4.75. The molecule has 0 spiro atoms. The molecule has 2 heterocycles. The molecule has 4 aromatic rings. The van der Waals surface area contributed by atoms with Crippen molar-refractivity contribution < 1.29 is 22.7 Å². The highest BCUT2D eigenvalue weighted by molar-refractivity contribution is 8.15. The van der Waals surface area contributed by atoms with Gasteiger partial charge in [0.25, 0.3) is 0 Å². The molecule has 1 atom stereocenters. The second kappa shape index (κ2) is 14.5. The van der Waals surface area contributed by atoms with Gasteiger partial charge in [0.2, 0.25) is 5.91 Å². The SMILES string of the molecule is Cc1ccc(C(C)C)c(N2C(=O)CSC2=NC(=S)NCC(C)/C=C/c2cccc(-c3ncn(-c4ccc(OC(F)(F)F)cc4)n3)c2)c1. The van der Waals surface area contributed by atoms with Gasteiger partial charge in [0.1, 0.15) is 12.1 Å². The van der Waals surface area contributed by atoms with Gasteiger partial charge in [-0.25, -0.2) is 9.67 Å². The van der Waals surface area contributed by atoms with Crippen LogP contribution < -0.4 is 15.0 Å². The van der Waals surface area contributed by atoms with E-state index in [0.717, 1.165) is 27.9 Å². The smallest absolute Gasteiger partial charge is 0.406 e. The van der Waals surface area contributed by atoms with Gasteiger partial charge >= 0.3 is 6.36 Å². The van der Waals surface area contributed by atoms with Gasteiger partial charge in [-0.05, 0) is 84.1 Å². The maximum Gasteiger partial charge on any atom is 0.573 e. The molecule has 3 aromatic carbocycles. The number of alkyl halides is 3. The van der Waals surface area contributed by atoms with Gasteiger partial charge in [-0.15, -0.1) is 18.3 Å². The van der Waals surface area contributed by atoms with E-state index in [4.69, 9.17) is 12.2 Å². The van der Waals surface area contributed by atoms with Crippen LogP contribution in [0.5, 0.6) is 5.75 Å². The zero-order valence-corrected chi connectivity index (χ0v) is 27.8. The van der Waals surface area contributed by atoms with Crippen LogP contribution in [0.1, 0.15) is 43.4 Å². The molecule has 1 aliphatic heterocycles. The van der Waals surface area contributed by atoms with Crippen LogP contribution in [0.3, 0.4) is 0 Å². The lowest BCUT2D eigenvalue weighted by Crippen LogP contribution is -2.33. The lowest BCUT2D eigenvalue weighted by atomic mass is 9.99. The van der Waals surface area contributed by atoms with Crippen LogP contribution in [0.25, 0.3) is 23.2 Å². The number of aryl methyl sites for hydroxylation is 1. The molecule has 13 heteroatoms. The lowest BCUT2D eigenvalue weighted by Gasteiger charge is -2.22. The first-order valence-electron chi connectivity index (χ1n) is 14.9. The fourth-order valence-corrected chi connectivity index (χ4v) is 5.93. The van der Waals surface area contributed by atoms with Crippen LogP contribution in [0.4, 0.5) is 18.9 Å². The molecule has 1 aliphatic rings. The Labute approximate surface area is 280 Å². The number of amides is 1. The molecule has 0 radical (unpaired) electrons. The zero-order valence-electron chi connectivity index (χ0n) is 26.2. The molecule has 1 unspecified atom stereocenters. The Morgan fingerprint density at radius 2 is 1.89 bits per heavy atom. The summed E-state index contributed by atoms with van der Waals surface area (Å²) in [6.45, 7) is 8.82. The predicted molar refractivity (Wildman–Crippen MR) is 185 cm³/mol. The van der Waals surface area contributed by atoms with Gasteiger partial charge in [0.05, 0.1) is 17.1 Å². The number of amidine groups is 1. The third-order valence-electron chi connectivity index (χ3n) is 7.18. The van der Waals surface area contributed by atoms with Gasteiger partial charge in [0.15, 0.2) is 16.1 Å². The molecule has 1 fully saturated rings. The Morgan fingerprint density at radius 1 is 1.13 bits per heavy atom. The average molecular weight is 679 g/mol. The first kappa shape index (κ1) is 33.9. The van der Waals surface area contributed by atoms with Gasteiger partial charge in [0, 0.05) is 12.1 Å². The number of rotatable bonds is 9. The summed E-state index contributed by atoms with van der Waals surface area (Å²) < 4.78 is 42.8. The van der Waals surface area contributed by atoms with E-state index in [-0.39, 0.29) is 23.5 Å². The zero-order chi connectivity index (χ0) is 33.7. The van der Waals surface area contributed by atoms with Crippen molar-refractivity contribution in [2.75, 3.05) is 17.2 Å². The topological polar surface area (TPSA) is 84.6 Å². The molecule has 1 saturated heterocycles. The van der Waals surface area contributed by atoms with E-state index in [9.17, 15) is 18.0 Å². The number of carbonyl (C=O) groups excluding carboxylic acids is 1. The summed E-state index contributed by atoms with van der Waals surface area (Å²) in [5, 5.41) is 8.58. The van der Waals surface area contributed by atoms with Gasteiger partial charge in [-0.3, -0.25) is 9.69 Å². The molecule has 0 aliphatic carbocycles. The summed E-state index contributed by atoms with van der Waals surface area (Å²) in [7, 11) is 0. The Bertz CT molecular complexity index is 1820. The summed E-state index contributed by atoms with van der Waals surface area (Å²) in [5.41, 5.74) is 5.27. The van der Waals surface area contributed by atoms with Crippen LogP contribution in [0.15, 0.2) is 84.1 Å². The summed E-state index contributed by atoms with van der Waals surface area (Å²) in [6.07, 6.45) is 0.803. The summed E-state index contributed by atoms with van der Waals surface area (Å²) in [5.74, 6) is 0.811. The van der Waals surface area contributed by atoms with Gasteiger partial charge < -0.3 is 10.1 Å². The Kier molecular flexibility index (Phi) is 10.5. The highest BCUT2D eigenvalue weighted by Crippen LogP contribution is 2.34. The minimum Gasteiger partial charge on any atom is -0.406 e. The van der Waals surface area contributed by atoms with Gasteiger partial charge in [-0.2, -0.15) is 4.99 Å². The fourth-order valence-electron chi connectivity index (χ4n) is 4.84. The number of hydrogen-bond acceptors (Lipinski definition) is 6. The van der Waals surface area contributed by atoms with Crippen molar-refractivity contribution in [3.63, 3.8) is 0 Å². The summed E-state index contributed by atoms with van der Waals surface area (Å²) >= 11 is 6.92. The number of ether oxygens (including phenoxy) is 1. The number of nitrogens with zero attached hydrogens (tertiary/aromatic N) is 5. The number of halogens is 3. The number of hydrogen-bond donors (Lipinski definition) is 1. The monoisotopic (exact) mass is 678 g/mol. The van der Waals surface area contributed by atoms with Crippen molar-refractivity contribution in [2.24, 2.45) is 10.9 Å². The number of benzene rings is 3. The van der Waals surface area contributed by atoms with E-state index in [1.54, 1.807) is 4.90 Å². The Morgan fingerprint density at radius 3 is 2.62 bits per heavy atom. The van der Waals surface area contributed by atoms with E-state index in [2.05, 4.69) is 64.1 Å². The van der Waals surface area contributed by atoms with Crippen molar-refractivity contribution >= 4 is 51.9 Å². The fraction of sp³-hybridized carbons (Fsp3) is 0.265. The molecule has 1 aromatic heterocycles. The van der Waals surface area contributed by atoms with Crippen LogP contribution in [-0.4, -0.2) is 49.6 Å². The standard InChI is InChI=1S/C34H33F3N6O2S2/c1-21(2)28-15-9-22(3)16-29(28)43-30(44)19-47-33(43)40-32(46)38-18-23(4)8-10-24-6-5-7-25(17-24)31-39-20-42(41-31)26-11-13-27(14-12-26)45-34(35,36)37/h5-17,20-21,23H,18-19H2,1-4H3,(H,38,46)/b10-8+,40-33?. The largest absolute Gasteiger partial charge is 0.573 e. The molecular weight excluding hydrogens is 646 g/mol. The van der Waals surface area contributed by atoms with E-state index in [1.165, 1.54) is 47.0 Å². The molecule has 0 saturated carbocycles. The highest BCUT2D eigenvalue weighted by Gasteiger charge is 2.32. The van der Waals surface area contributed by atoms with Crippen molar-refractivity contribution in [3.05, 3.63) is 95.8 Å². The second-order valence-electron chi connectivity index (χ2n) is 11.3. The molecule has 0 bridgehead atoms. The highest BCUT2D eigenvalue weighted by atomic mass is 32.2. The van der Waals surface area contributed by atoms with Crippen LogP contribution in [-0.2, 0) is 4.79 Å². The molecule has 244 valence electrons. The van der Waals surface area contributed by atoms with Crippen LogP contribution in [0.2, 0.25) is 0 Å². The van der Waals surface area contributed by atoms with Crippen LogP contribution >= 0.6 is 24.0 Å². The normalized spacial score (nSPS) is 15.2. The minimum absolute atomic E-state index is 0.0156. The molecule has 1 amide bonds. The molecular formula is C34H33F3N6O2S2. The van der Waals surface area contributed by atoms with E-state index in [1.807, 2.05) is 43.3 Å². The number of nitrogens with one attached hydrogen (secondary N) is 1. The predicted octanol–water partition coefficient (Wildman–Crippen LogP) is 7.92. The Hall–Kier alpha value is -4.49. The third-order valence-corrected chi connectivity index (χ3v) is 8.33. The summed E-state index contributed by atoms with van der Waals surface area (Å²) in [4.78, 5) is 23.5. The average Bonchev–Trinajstić information content (AvgIpc) is 3.65. The maximum absolute atomic E-state index is 12.9. The Balaban J connectivity index is 1.19. The lowest BCUT2D eigenvalue weighted by molar-refractivity contribution is -0.274. The van der Waals surface area contributed by atoms with E-state index < -0.39 is 6.36 Å². The number of thiocarbonyl (C=S) groups is 1. The second-order valence-corrected chi connectivity index (χ2v) is 12.7. The van der Waals surface area contributed by atoms with E-state index >= 15 is 0 Å². The molecule has 8 nitrogen and oxygen atoms in total. The van der Waals surface area contributed by atoms with Crippen molar-refractivity contribution in [1.29, 1.82) is 0 Å². The van der Waals surface area contributed by atoms with Crippen molar-refractivity contribution in [3.8, 4) is 22.8 Å².